The van der Waals surface area contributed by atoms with E-state index in [1.807, 2.05) is 21.1 Å². The van der Waals surface area contributed by atoms with Gasteiger partial charge in [0.25, 0.3) is 0 Å². The second kappa shape index (κ2) is 67.1. The largest absolute Gasteiger partial charge is 0.545 e. The fourth-order valence-electron chi connectivity index (χ4n) is 9.31. The number of nitrogens with zero attached hydrogens (tertiary/aromatic N) is 1. The monoisotopic (exact) mass is 1210 g/mol. The number of ether oxygens (including phenoxy) is 4. The molecule has 0 rings (SSSR count). The fourth-order valence-corrected chi connectivity index (χ4v) is 9.31. The van der Waals surface area contributed by atoms with Gasteiger partial charge in [-0.15, -0.1) is 0 Å². The number of carboxylic acids is 1. The van der Waals surface area contributed by atoms with Crippen LogP contribution in [-0.4, -0.2) is 82.3 Å². The van der Waals surface area contributed by atoms with Crippen molar-refractivity contribution in [1.82, 2.24) is 0 Å². The van der Waals surface area contributed by atoms with Gasteiger partial charge in [-0.1, -0.05) is 288 Å². The molecule has 0 fully saturated rings. The molecule has 0 heterocycles. The van der Waals surface area contributed by atoms with E-state index in [2.05, 4.69) is 160 Å². The maximum Gasteiger partial charge on any atom is 0.306 e. The standard InChI is InChI=1S/C78H129NO8/c1-6-8-10-12-14-16-18-20-22-24-26-28-30-32-34-35-36-37-38-39-40-41-43-45-47-49-51-53-55-57-59-61-63-65-67-69-76(81)87-74(73-86-78(77(82)83)84-71-70-79(3,4)5)72-85-75(80)68-66-64-62-60-58-56-54-52-50-48-46-44-42-33-31-29-27-25-23-21-19-17-15-13-11-9-7-2/h8-11,14-17,20-23,26-29,32-34,36-37,42,46,48,74,78H,6-7,12-13,18-19,24-25,30-31,35,38-41,43-45,47,49-73H2,1-5H3/b10-8-,11-9-,16-14-,17-15-,22-20-,23-21-,28-26-,29-27-,34-32-,37-36-,42-33-,48-46-. The van der Waals surface area contributed by atoms with E-state index in [9.17, 15) is 19.5 Å². The van der Waals surface area contributed by atoms with Crippen molar-refractivity contribution in [3.8, 4) is 0 Å². The van der Waals surface area contributed by atoms with Gasteiger partial charge in [0.15, 0.2) is 12.4 Å². The SMILES string of the molecule is CC/C=C\C/C=C\C/C=C\C/C=C\C/C=C\C/C=C\CCCCCCCCCCCCCCCCCCC(=O)OC(COC(=O)CCCCCCCCCC/C=C\C/C=C\C/C=C\C/C=C\C/C=C\C/C=C\CC)COC(OCC[N+](C)(C)C)C(=O)[O-]. The number of rotatable bonds is 63. The Morgan fingerprint density at radius 2 is 0.621 bits per heavy atom. The number of carbonyl (C=O) groups excluding carboxylic acids is 3. The second-order valence-corrected chi connectivity index (χ2v) is 24.1. The molecular weight excluding hydrogens is 1080 g/mol. The summed E-state index contributed by atoms with van der Waals surface area (Å²) >= 11 is 0. The lowest BCUT2D eigenvalue weighted by atomic mass is 10.0. The van der Waals surface area contributed by atoms with Crippen LogP contribution in [0.15, 0.2) is 146 Å². The van der Waals surface area contributed by atoms with E-state index >= 15 is 0 Å². The molecule has 0 aliphatic rings. The first-order valence-corrected chi connectivity index (χ1v) is 35.0. The van der Waals surface area contributed by atoms with Crippen molar-refractivity contribution in [2.24, 2.45) is 0 Å². The van der Waals surface area contributed by atoms with Gasteiger partial charge in [-0.2, -0.15) is 0 Å². The molecule has 2 atom stereocenters. The molecule has 87 heavy (non-hydrogen) atoms. The fraction of sp³-hybridized carbons (Fsp3) is 0.654. The lowest BCUT2D eigenvalue weighted by Gasteiger charge is -2.26. The van der Waals surface area contributed by atoms with Gasteiger partial charge in [0.1, 0.15) is 13.2 Å². The highest BCUT2D eigenvalue weighted by Gasteiger charge is 2.22. The normalized spacial score (nSPS) is 13.6. The topological polar surface area (TPSA) is 111 Å². The number of esters is 2. The van der Waals surface area contributed by atoms with Crippen LogP contribution in [0.4, 0.5) is 0 Å². The van der Waals surface area contributed by atoms with Crippen molar-refractivity contribution in [3.63, 3.8) is 0 Å². The summed E-state index contributed by atoms with van der Waals surface area (Å²) < 4.78 is 22.8. The smallest absolute Gasteiger partial charge is 0.306 e. The van der Waals surface area contributed by atoms with Crippen molar-refractivity contribution < 1.29 is 42.9 Å². The number of hydrogen-bond acceptors (Lipinski definition) is 8. The second-order valence-electron chi connectivity index (χ2n) is 24.1. The first-order chi connectivity index (χ1) is 42.6. The quantitative estimate of drug-likeness (QED) is 0.0195. The van der Waals surface area contributed by atoms with Crippen LogP contribution in [0.25, 0.3) is 0 Å². The Morgan fingerprint density at radius 1 is 0.345 bits per heavy atom. The molecule has 0 spiro atoms. The van der Waals surface area contributed by atoms with Gasteiger partial charge >= 0.3 is 11.9 Å². The highest BCUT2D eigenvalue weighted by molar-refractivity contribution is 5.70. The number of likely N-dealkylation sites (N-methyl/N-ethyl adjacent to an activating group) is 1. The Bertz CT molecular complexity index is 1940. The Labute approximate surface area is 534 Å². The van der Waals surface area contributed by atoms with Crippen LogP contribution in [-0.2, 0) is 33.3 Å². The molecule has 0 aliphatic carbocycles. The van der Waals surface area contributed by atoms with Crippen LogP contribution in [0.2, 0.25) is 0 Å². The van der Waals surface area contributed by atoms with Gasteiger partial charge in [0, 0.05) is 12.8 Å². The lowest BCUT2D eigenvalue weighted by Crippen LogP contribution is -2.44. The van der Waals surface area contributed by atoms with Gasteiger partial charge in [-0.05, 0) is 116 Å². The molecule has 0 aromatic carbocycles. The van der Waals surface area contributed by atoms with E-state index in [0.29, 0.717) is 17.4 Å². The zero-order valence-corrected chi connectivity index (χ0v) is 56.3. The van der Waals surface area contributed by atoms with Crippen LogP contribution in [0, 0.1) is 0 Å². The molecular formula is C78H129NO8. The Balaban J connectivity index is 4.15. The van der Waals surface area contributed by atoms with E-state index in [1.165, 1.54) is 109 Å². The van der Waals surface area contributed by atoms with E-state index in [4.69, 9.17) is 18.9 Å². The van der Waals surface area contributed by atoms with Gasteiger partial charge in [0.05, 0.1) is 40.3 Å². The third kappa shape index (κ3) is 68.5. The number of allylic oxidation sites excluding steroid dienone is 24. The zero-order chi connectivity index (χ0) is 63.3. The van der Waals surface area contributed by atoms with Crippen molar-refractivity contribution in [2.45, 2.75) is 283 Å². The highest BCUT2D eigenvalue weighted by atomic mass is 16.7. The average Bonchev–Trinajstić information content (AvgIpc) is 3.56. The molecule has 0 bridgehead atoms. The number of quaternary nitrogens is 1. The van der Waals surface area contributed by atoms with Gasteiger partial charge < -0.3 is 33.3 Å². The average molecular weight is 1210 g/mol. The molecule has 0 aliphatic heterocycles. The Morgan fingerprint density at radius 3 is 0.920 bits per heavy atom. The number of hydrogen-bond donors (Lipinski definition) is 0. The molecule has 0 N–H and O–H groups in total. The summed E-state index contributed by atoms with van der Waals surface area (Å²) in [5.41, 5.74) is 0. The highest BCUT2D eigenvalue weighted by Crippen LogP contribution is 2.17. The lowest BCUT2D eigenvalue weighted by molar-refractivity contribution is -0.870. The maximum absolute atomic E-state index is 12.9. The van der Waals surface area contributed by atoms with Crippen LogP contribution in [0.5, 0.6) is 0 Å². The summed E-state index contributed by atoms with van der Waals surface area (Å²) in [4.78, 5) is 37.5. The maximum atomic E-state index is 12.9. The van der Waals surface area contributed by atoms with Gasteiger partial charge in [-0.25, -0.2) is 0 Å². The zero-order valence-electron chi connectivity index (χ0n) is 56.3. The predicted molar refractivity (Wildman–Crippen MR) is 370 cm³/mol. The minimum absolute atomic E-state index is 0.140. The van der Waals surface area contributed by atoms with Crippen LogP contribution >= 0.6 is 0 Å². The summed E-state index contributed by atoms with van der Waals surface area (Å²) in [5, 5.41) is 11.8. The molecule has 0 saturated carbocycles. The van der Waals surface area contributed by atoms with Crippen LogP contribution in [0.1, 0.15) is 271 Å². The van der Waals surface area contributed by atoms with Crippen LogP contribution < -0.4 is 5.11 Å². The minimum Gasteiger partial charge on any atom is -0.545 e. The molecule has 9 heteroatoms. The van der Waals surface area contributed by atoms with Crippen molar-refractivity contribution in [2.75, 3.05) is 47.5 Å². The number of aliphatic carboxylic acids is 1. The van der Waals surface area contributed by atoms with Crippen molar-refractivity contribution in [1.29, 1.82) is 0 Å². The van der Waals surface area contributed by atoms with E-state index in [0.717, 1.165) is 128 Å². The van der Waals surface area contributed by atoms with Crippen LogP contribution in [0.3, 0.4) is 0 Å². The number of carbonyl (C=O) groups is 3. The van der Waals surface area contributed by atoms with Crippen molar-refractivity contribution in [3.05, 3.63) is 146 Å². The van der Waals surface area contributed by atoms with Crippen molar-refractivity contribution >= 4 is 17.9 Å². The number of carboxylic acid groups (broad SMARTS) is 1. The molecule has 0 radical (unpaired) electrons. The summed E-state index contributed by atoms with van der Waals surface area (Å²) in [7, 11) is 5.92. The minimum atomic E-state index is -1.63. The first-order valence-electron chi connectivity index (χ1n) is 35.0. The van der Waals surface area contributed by atoms with Gasteiger partial charge in [-0.3, -0.25) is 9.59 Å². The molecule has 0 amide bonds. The summed E-state index contributed by atoms with van der Waals surface area (Å²) in [6.07, 6.45) is 94.9. The third-order valence-electron chi connectivity index (χ3n) is 14.6. The summed E-state index contributed by atoms with van der Waals surface area (Å²) in [5.74, 6) is -2.30. The predicted octanol–water partition coefficient (Wildman–Crippen LogP) is 20.6. The molecule has 0 saturated heterocycles. The molecule has 2 unspecified atom stereocenters. The third-order valence-corrected chi connectivity index (χ3v) is 14.6. The molecule has 0 aromatic heterocycles. The van der Waals surface area contributed by atoms with E-state index < -0.39 is 24.3 Å². The molecule has 0 aromatic rings. The molecule has 494 valence electrons. The summed E-state index contributed by atoms with van der Waals surface area (Å²) in [6, 6.07) is 0. The van der Waals surface area contributed by atoms with E-state index in [-0.39, 0.29) is 38.6 Å². The van der Waals surface area contributed by atoms with E-state index in [1.54, 1.807) is 0 Å². The summed E-state index contributed by atoms with van der Waals surface area (Å²) in [6.45, 7) is 4.51. The first kappa shape index (κ1) is 82.2. The Kier molecular flexibility index (Phi) is 63.4. The van der Waals surface area contributed by atoms with Gasteiger partial charge in [0.2, 0.25) is 0 Å². The number of unbranched alkanes of at least 4 members (excludes halogenated alkanes) is 24. The molecule has 9 nitrogen and oxygen atoms in total. The Hall–Kier alpha value is -4.83.